The zero-order valence-electron chi connectivity index (χ0n) is 31.4. The second-order valence-corrected chi connectivity index (χ2v) is 12.4. The number of hydrogen-bond donors (Lipinski definition) is 0. The molecule has 0 spiro atoms. The molecule has 2 heterocycles. The molecule has 0 aliphatic heterocycles. The van der Waals surface area contributed by atoms with Crippen molar-refractivity contribution in [3.63, 3.8) is 0 Å². The quantitative estimate of drug-likeness (QED) is 0.0933. The number of carbonyl (C=O) groups is 3. The lowest BCUT2D eigenvalue weighted by atomic mass is 9.96. The zero-order chi connectivity index (χ0) is 36.0. The molecule has 2 aromatic heterocycles. The number of carbonyl (C=O) groups excluding carboxylic acids is 3. The first kappa shape index (κ1) is 45.9. The molecule has 0 radical (unpaired) electrons. The number of fused-ring (bicyclic) bond motifs is 2. The van der Waals surface area contributed by atoms with Gasteiger partial charge in [0.15, 0.2) is 10.8 Å². The second-order valence-electron chi connectivity index (χ2n) is 11.4. The molecule has 1 aliphatic rings. The van der Waals surface area contributed by atoms with Crippen LogP contribution in [0.4, 0.5) is 0 Å². The van der Waals surface area contributed by atoms with E-state index in [0.717, 1.165) is 72.1 Å². The summed E-state index contributed by atoms with van der Waals surface area (Å²) in [5, 5.41) is 0.627. The molecule has 1 atom stereocenters. The summed E-state index contributed by atoms with van der Waals surface area (Å²) in [6, 6.07) is 12.3. The third-order valence-electron chi connectivity index (χ3n) is 6.35. The number of allylic oxidation sites excluding steroid dienone is 4. The Balaban J connectivity index is 0. The lowest BCUT2D eigenvalue weighted by Gasteiger charge is -2.13. The highest BCUT2D eigenvalue weighted by Gasteiger charge is 2.16. The smallest absolute Gasteiger partial charge is 0.191 e. The summed E-state index contributed by atoms with van der Waals surface area (Å²) in [7, 11) is 0. The number of ketones is 1. The molecule has 0 saturated heterocycles. The van der Waals surface area contributed by atoms with Crippen LogP contribution in [0, 0.1) is 11.8 Å². The summed E-state index contributed by atoms with van der Waals surface area (Å²) in [6.07, 6.45) is 16.2. The van der Waals surface area contributed by atoms with E-state index in [1.807, 2.05) is 65.8 Å². The molecule has 0 amide bonds. The largest absolute Gasteiger partial charge is 0.303 e. The van der Waals surface area contributed by atoms with Crippen molar-refractivity contribution in [3.8, 4) is 0 Å². The van der Waals surface area contributed by atoms with Crippen molar-refractivity contribution in [1.29, 1.82) is 0 Å². The molecule has 1 unspecified atom stereocenters. The van der Waals surface area contributed by atoms with Crippen molar-refractivity contribution in [3.05, 3.63) is 76.5 Å². The summed E-state index contributed by atoms with van der Waals surface area (Å²) in [6.45, 7) is 22.8. The maximum atomic E-state index is 11.9. The van der Waals surface area contributed by atoms with Gasteiger partial charge in [-0.2, -0.15) is 0 Å². The van der Waals surface area contributed by atoms with Crippen molar-refractivity contribution < 1.29 is 14.4 Å². The van der Waals surface area contributed by atoms with Crippen LogP contribution in [0.15, 0.2) is 54.6 Å². The number of pyridine rings is 1. The Hall–Kier alpha value is -3.25. The molecule has 0 fully saturated rings. The number of rotatable bonds is 10. The van der Waals surface area contributed by atoms with Gasteiger partial charge in [0.25, 0.3) is 0 Å². The number of Topliss-reactive ketones (excluding diaryl/α,β-unsaturated/α-hetero) is 1. The zero-order valence-corrected chi connectivity index (χ0v) is 32.2. The van der Waals surface area contributed by atoms with Crippen molar-refractivity contribution in [1.82, 2.24) is 9.97 Å². The van der Waals surface area contributed by atoms with Crippen LogP contribution in [0.2, 0.25) is 0 Å². The van der Waals surface area contributed by atoms with Gasteiger partial charge in [-0.15, -0.1) is 0 Å². The highest BCUT2D eigenvalue weighted by molar-refractivity contribution is 7.19. The maximum absolute atomic E-state index is 11.9. The van der Waals surface area contributed by atoms with Gasteiger partial charge in [-0.05, 0) is 79.2 Å². The third-order valence-corrected chi connectivity index (χ3v) is 7.36. The minimum absolute atomic E-state index is 0.151. The van der Waals surface area contributed by atoms with Gasteiger partial charge in [0.05, 0.1) is 0 Å². The van der Waals surface area contributed by atoms with Crippen LogP contribution in [-0.2, 0) is 22.4 Å². The molecule has 0 saturated carbocycles. The molecule has 0 N–H and O–H groups in total. The molecule has 0 bridgehead atoms. The predicted molar refractivity (Wildman–Crippen MR) is 207 cm³/mol. The number of aromatic nitrogens is 2. The molecule has 262 valence electrons. The van der Waals surface area contributed by atoms with Crippen LogP contribution in [0.25, 0.3) is 15.9 Å². The van der Waals surface area contributed by atoms with Crippen LogP contribution < -0.4 is 0 Å². The average molecular weight is 665 g/mol. The topological polar surface area (TPSA) is 77.0 Å². The molecule has 1 aliphatic carbocycles. The number of nitrogens with zero attached hydrogens (tertiary/aromatic N) is 2. The molecule has 4 rings (SSSR count). The predicted octanol–water partition coefficient (Wildman–Crippen LogP) is 12.1. The Morgan fingerprint density at radius 1 is 0.894 bits per heavy atom. The lowest BCUT2D eigenvalue weighted by molar-refractivity contribution is -0.108. The normalized spacial score (nSPS) is 12.2. The van der Waals surface area contributed by atoms with E-state index in [2.05, 4.69) is 68.9 Å². The van der Waals surface area contributed by atoms with Gasteiger partial charge in [-0.1, -0.05) is 136 Å². The number of benzene rings is 1. The molecular formula is C41H64N2O3S. The number of thiazole rings is 1. The Morgan fingerprint density at radius 3 is 2.02 bits per heavy atom. The third kappa shape index (κ3) is 20.6. The van der Waals surface area contributed by atoms with E-state index in [1.165, 1.54) is 35.4 Å². The van der Waals surface area contributed by atoms with Gasteiger partial charge < -0.3 is 4.79 Å². The molecule has 6 heteroatoms. The average Bonchev–Trinajstić information content (AvgIpc) is 3.51. The van der Waals surface area contributed by atoms with E-state index in [1.54, 1.807) is 6.08 Å². The van der Waals surface area contributed by atoms with Crippen LogP contribution in [0.1, 0.15) is 148 Å². The fourth-order valence-electron chi connectivity index (χ4n) is 4.00. The fraction of sp³-hybridized carbons (Fsp3) is 0.537. The molecule has 1 aromatic carbocycles. The second kappa shape index (κ2) is 30.1. The monoisotopic (exact) mass is 664 g/mol. The number of unbranched alkanes of at least 4 members (excludes halogenated alkanes) is 1. The van der Waals surface area contributed by atoms with Gasteiger partial charge in [-0.3, -0.25) is 9.59 Å². The minimum atomic E-state index is 0.151. The van der Waals surface area contributed by atoms with Gasteiger partial charge in [0.2, 0.25) is 0 Å². The van der Waals surface area contributed by atoms with Gasteiger partial charge in [-0.25, -0.2) is 9.97 Å². The summed E-state index contributed by atoms with van der Waals surface area (Å²) in [5.41, 5.74) is 5.71. The number of aryl methyl sites for hydroxylation is 2. The lowest BCUT2D eigenvalue weighted by Crippen LogP contribution is -2.04. The first-order chi connectivity index (χ1) is 22.7. The van der Waals surface area contributed by atoms with E-state index in [0.29, 0.717) is 23.8 Å². The first-order valence-electron chi connectivity index (χ1n) is 17.9. The molecule has 47 heavy (non-hydrogen) atoms. The van der Waals surface area contributed by atoms with Gasteiger partial charge >= 0.3 is 0 Å². The van der Waals surface area contributed by atoms with Crippen molar-refractivity contribution in [2.45, 2.75) is 134 Å². The molecular weight excluding hydrogens is 601 g/mol. The summed E-state index contributed by atoms with van der Waals surface area (Å²) < 4.78 is 0. The first-order valence-corrected chi connectivity index (χ1v) is 18.7. The van der Waals surface area contributed by atoms with E-state index in [-0.39, 0.29) is 5.78 Å². The van der Waals surface area contributed by atoms with E-state index in [9.17, 15) is 14.4 Å². The Morgan fingerprint density at radius 2 is 1.51 bits per heavy atom. The van der Waals surface area contributed by atoms with Gasteiger partial charge in [0, 0.05) is 18.5 Å². The highest BCUT2D eigenvalue weighted by atomic mass is 32.1. The van der Waals surface area contributed by atoms with E-state index >= 15 is 0 Å². The Bertz CT molecular complexity index is 1250. The maximum Gasteiger partial charge on any atom is 0.191 e. The summed E-state index contributed by atoms with van der Waals surface area (Å²) in [4.78, 5) is 41.7. The van der Waals surface area contributed by atoms with Crippen molar-refractivity contribution in [2.24, 2.45) is 11.8 Å². The van der Waals surface area contributed by atoms with Crippen molar-refractivity contribution in [2.75, 3.05) is 0 Å². The highest BCUT2D eigenvalue weighted by Crippen LogP contribution is 2.27. The Kier molecular flexibility index (Phi) is 29.4. The van der Waals surface area contributed by atoms with Crippen LogP contribution in [0.3, 0.4) is 0 Å². The SMILES string of the molecule is CC.CC.CC(C)C.CCC(C)/C=C(\C=C/C=O)c1ccccc1.CCCC(=O)c1nc2cc3c(nc2s1)CCCC3.CCCC=O. The number of aldehydes is 2. The summed E-state index contributed by atoms with van der Waals surface area (Å²) >= 11 is 1.45. The van der Waals surface area contributed by atoms with Gasteiger partial charge in [0.1, 0.15) is 22.9 Å². The van der Waals surface area contributed by atoms with Crippen LogP contribution in [0.5, 0.6) is 0 Å². The molecule has 5 nitrogen and oxygen atoms in total. The standard InChI is InChI=1S/C15H18O.C14H16N2OS.C4H8O.C4H10.2C2H6/c1-3-13(2)12-15(10-7-11-16)14-8-5-4-6-9-14;1-2-5-12(17)14-16-11-8-9-6-3-4-7-10(9)15-13(11)18-14;1-2-3-4-5;1-4(2)3;2*1-2/h4-13H,3H2,1-2H3;8H,2-7H2,1H3;4H,2-3H2,1H3;4H,1-3H3;2*1-2H3/b10-7-,15-12+;;;;;. The summed E-state index contributed by atoms with van der Waals surface area (Å²) in [5.74, 6) is 1.50. The van der Waals surface area contributed by atoms with E-state index in [4.69, 9.17) is 0 Å². The number of hydrogen-bond acceptors (Lipinski definition) is 6. The Labute approximate surface area is 291 Å². The van der Waals surface area contributed by atoms with Crippen LogP contribution in [-0.4, -0.2) is 28.3 Å². The molecule has 3 aromatic rings. The van der Waals surface area contributed by atoms with Crippen molar-refractivity contribution >= 4 is 45.6 Å². The fourth-order valence-corrected chi connectivity index (χ4v) is 4.91. The minimum Gasteiger partial charge on any atom is -0.303 e. The van der Waals surface area contributed by atoms with Crippen LogP contribution >= 0.6 is 11.3 Å². The van der Waals surface area contributed by atoms with E-state index < -0.39 is 0 Å².